The molecule has 5 N–H and O–H groups in total. The van der Waals surface area contributed by atoms with E-state index in [4.69, 9.17) is 32.5 Å². The van der Waals surface area contributed by atoms with Crippen molar-refractivity contribution in [3.05, 3.63) is 51.7 Å². The minimum Gasteiger partial charge on any atom is -0.492 e. The zero-order valence-corrected chi connectivity index (χ0v) is 18.8. The number of carbonyl (C=O) groups is 1. The van der Waals surface area contributed by atoms with Crippen LogP contribution in [0.25, 0.3) is 12.2 Å². The number of alkyl halides is 1. The lowest BCUT2D eigenvalue weighted by Gasteiger charge is -2.35. The summed E-state index contributed by atoms with van der Waals surface area (Å²) in [5.74, 6) is 0.746. The summed E-state index contributed by atoms with van der Waals surface area (Å²) in [4.78, 5) is 22.0. The van der Waals surface area contributed by atoms with Crippen molar-refractivity contribution >= 4 is 35.8 Å². The number of guanidine groups is 1. The van der Waals surface area contributed by atoms with Gasteiger partial charge in [-0.3, -0.25) is 9.89 Å². The first kappa shape index (κ1) is 22.1. The molecule has 1 amide bonds. The van der Waals surface area contributed by atoms with Crippen LogP contribution in [0.2, 0.25) is 0 Å². The number of nitrogens with one attached hydrogen (secondary N) is 1. The number of aliphatic imine (C=N–C) groups is 1. The molecule has 2 unspecified atom stereocenters. The molecule has 170 valence electrons. The van der Waals surface area contributed by atoms with E-state index in [9.17, 15) is 4.79 Å². The van der Waals surface area contributed by atoms with E-state index < -0.39 is 0 Å². The van der Waals surface area contributed by atoms with Crippen molar-refractivity contribution in [3.8, 4) is 5.75 Å². The number of carbonyl (C=O) groups excluding carboxylic acids is 1. The molecule has 2 atom stereocenters. The van der Waals surface area contributed by atoms with Gasteiger partial charge in [0.1, 0.15) is 18.4 Å². The number of fused-ring (bicyclic) bond motifs is 3. The molecule has 4 rings (SSSR count). The lowest BCUT2D eigenvalue weighted by Crippen LogP contribution is -2.42. The minimum absolute atomic E-state index is 0.0145. The van der Waals surface area contributed by atoms with Crippen LogP contribution in [-0.2, 0) is 11.2 Å². The Morgan fingerprint density at radius 3 is 2.81 bits per heavy atom. The molecule has 0 radical (unpaired) electrons. The summed E-state index contributed by atoms with van der Waals surface area (Å²) in [5, 5.41) is 2.21. The fourth-order valence-corrected chi connectivity index (χ4v) is 4.50. The van der Waals surface area contributed by atoms with Crippen LogP contribution in [0, 0.1) is 0 Å². The topological polar surface area (TPSA) is 119 Å². The number of aromatic amines is 1. The van der Waals surface area contributed by atoms with E-state index >= 15 is 0 Å². The molecule has 1 aromatic carbocycles. The fourth-order valence-electron chi connectivity index (χ4n) is 4.28. The molecule has 2 aliphatic rings. The maximum Gasteiger partial charge on any atom is 0.410 e. The highest BCUT2D eigenvalue weighted by molar-refractivity contribution is 6.24. The summed E-state index contributed by atoms with van der Waals surface area (Å²) in [5.41, 5.74) is 13.9. The fraction of sp³-hybridized carbons (Fsp3) is 0.391. The molecule has 8 nitrogen and oxygen atoms in total. The van der Waals surface area contributed by atoms with Crippen molar-refractivity contribution < 1.29 is 14.3 Å². The van der Waals surface area contributed by atoms with Crippen molar-refractivity contribution in [1.82, 2.24) is 9.88 Å². The molecule has 1 aliphatic heterocycles. The summed E-state index contributed by atoms with van der Waals surface area (Å²) in [6.07, 6.45) is 5.45. The Bertz CT molecular complexity index is 1120. The van der Waals surface area contributed by atoms with E-state index in [0.29, 0.717) is 32.1 Å². The third-order valence-corrected chi connectivity index (χ3v) is 5.95. The van der Waals surface area contributed by atoms with Crippen LogP contribution in [0.4, 0.5) is 4.79 Å². The van der Waals surface area contributed by atoms with E-state index in [-0.39, 0.29) is 23.5 Å². The van der Waals surface area contributed by atoms with Gasteiger partial charge >= 0.3 is 6.09 Å². The Morgan fingerprint density at radius 1 is 1.31 bits per heavy atom. The molecule has 0 fully saturated rings. The van der Waals surface area contributed by atoms with Crippen LogP contribution >= 0.6 is 11.6 Å². The molecule has 9 heteroatoms. The van der Waals surface area contributed by atoms with E-state index in [1.807, 2.05) is 31.2 Å². The second kappa shape index (κ2) is 9.56. The maximum absolute atomic E-state index is 12.8. The van der Waals surface area contributed by atoms with Crippen molar-refractivity contribution in [2.24, 2.45) is 16.5 Å². The number of hydrogen-bond donors (Lipinski definition) is 3. The molecule has 0 bridgehead atoms. The first-order valence-electron chi connectivity index (χ1n) is 10.8. The molecule has 2 aromatic rings. The summed E-state index contributed by atoms with van der Waals surface area (Å²) in [6.45, 7) is 3.46. The summed E-state index contributed by atoms with van der Waals surface area (Å²) < 4.78 is 11.1. The Labute approximate surface area is 191 Å². The van der Waals surface area contributed by atoms with Crippen LogP contribution in [-0.4, -0.2) is 53.6 Å². The van der Waals surface area contributed by atoms with Crippen molar-refractivity contribution in [2.75, 3.05) is 26.3 Å². The number of hydrogen-bond acceptors (Lipinski definition) is 4. The number of H-pyrrole nitrogens is 1. The predicted octanol–water partition coefficient (Wildman–Crippen LogP) is 1.34. The van der Waals surface area contributed by atoms with Crippen molar-refractivity contribution in [3.63, 3.8) is 0 Å². The van der Waals surface area contributed by atoms with Gasteiger partial charge in [0, 0.05) is 22.8 Å². The van der Waals surface area contributed by atoms with Crippen LogP contribution in [0.1, 0.15) is 36.2 Å². The van der Waals surface area contributed by atoms with E-state index in [1.165, 1.54) is 5.56 Å². The number of nitrogens with two attached hydrogens (primary N) is 2. The first-order valence-corrected chi connectivity index (χ1v) is 11.2. The highest BCUT2D eigenvalue weighted by Crippen LogP contribution is 2.34. The van der Waals surface area contributed by atoms with Gasteiger partial charge < -0.3 is 25.9 Å². The van der Waals surface area contributed by atoms with Crippen LogP contribution in [0.3, 0.4) is 0 Å². The van der Waals surface area contributed by atoms with E-state index in [2.05, 4.69) is 22.1 Å². The van der Waals surface area contributed by atoms with E-state index in [0.717, 1.165) is 34.7 Å². The summed E-state index contributed by atoms with van der Waals surface area (Å²) >= 11 is 6.38. The van der Waals surface area contributed by atoms with Gasteiger partial charge in [0.15, 0.2) is 5.96 Å². The second-order valence-corrected chi connectivity index (χ2v) is 8.30. The lowest BCUT2D eigenvalue weighted by atomic mass is 9.92. The number of amides is 1. The Hall–Kier alpha value is -3.13. The largest absolute Gasteiger partial charge is 0.492 e. The normalized spacial score (nSPS) is 19.1. The molecule has 0 saturated heterocycles. The average molecular weight is 458 g/mol. The molecule has 32 heavy (non-hydrogen) atoms. The molecule has 0 spiro atoms. The van der Waals surface area contributed by atoms with Gasteiger partial charge in [-0.05, 0) is 43.0 Å². The lowest BCUT2D eigenvalue weighted by molar-refractivity contribution is 0.0930. The van der Waals surface area contributed by atoms with Gasteiger partial charge in [-0.25, -0.2) is 4.79 Å². The molecule has 2 heterocycles. The van der Waals surface area contributed by atoms with E-state index in [1.54, 1.807) is 4.90 Å². The Kier molecular flexibility index (Phi) is 6.60. The minimum atomic E-state index is -0.323. The summed E-state index contributed by atoms with van der Waals surface area (Å²) in [6, 6.07) is 7.44. The first-order chi connectivity index (χ1) is 15.5. The monoisotopic (exact) mass is 457 g/mol. The molecular formula is C23H28ClN5O3. The smallest absolute Gasteiger partial charge is 0.410 e. The van der Waals surface area contributed by atoms with Gasteiger partial charge in [0.05, 0.1) is 18.5 Å². The third-order valence-electron chi connectivity index (χ3n) is 5.64. The summed E-state index contributed by atoms with van der Waals surface area (Å²) in [7, 11) is 0. The Morgan fingerprint density at radius 2 is 2.09 bits per heavy atom. The predicted molar refractivity (Wildman–Crippen MR) is 125 cm³/mol. The molecule has 1 aliphatic carbocycles. The Balaban J connectivity index is 1.66. The number of halogens is 1. The quantitative estimate of drug-likeness (QED) is 0.262. The SMILES string of the molecule is CCOC(=O)N1CCc2c([nH]c3c2=CC(Cl)CC=3)C1c1ccc(OCCN=C(N)N)cc1. The molecule has 0 saturated carbocycles. The number of rotatable bonds is 6. The van der Waals surface area contributed by atoms with Gasteiger partial charge in [-0.1, -0.05) is 24.3 Å². The van der Waals surface area contributed by atoms with Crippen LogP contribution in [0.5, 0.6) is 5.75 Å². The molecular weight excluding hydrogens is 430 g/mol. The third kappa shape index (κ3) is 4.55. The van der Waals surface area contributed by atoms with Gasteiger partial charge in [0.2, 0.25) is 0 Å². The van der Waals surface area contributed by atoms with Crippen molar-refractivity contribution in [2.45, 2.75) is 31.2 Å². The second-order valence-electron chi connectivity index (χ2n) is 7.74. The number of benzene rings is 1. The molecule has 1 aromatic heterocycles. The van der Waals surface area contributed by atoms with Gasteiger partial charge in [-0.2, -0.15) is 0 Å². The van der Waals surface area contributed by atoms with Crippen LogP contribution < -0.4 is 26.8 Å². The standard InChI is InChI=1S/C23H28ClN5O3/c1-2-31-23(30)29-11-9-17-18-13-15(24)5-8-19(18)28-20(17)21(29)14-3-6-16(7-4-14)32-12-10-27-22(25)26/h3-4,6-8,13,15,21,28H,2,5,9-12H2,1H3,(H4,25,26,27). The van der Waals surface area contributed by atoms with Gasteiger partial charge in [-0.15, -0.1) is 11.6 Å². The number of ether oxygens (including phenoxy) is 2. The zero-order chi connectivity index (χ0) is 22.7. The highest BCUT2D eigenvalue weighted by atomic mass is 35.5. The average Bonchev–Trinajstić information content (AvgIpc) is 3.14. The number of aromatic nitrogens is 1. The number of nitrogens with zero attached hydrogens (tertiary/aromatic N) is 2. The zero-order valence-electron chi connectivity index (χ0n) is 18.0. The maximum atomic E-state index is 12.8. The van der Waals surface area contributed by atoms with Crippen LogP contribution in [0.15, 0.2) is 29.3 Å². The van der Waals surface area contributed by atoms with Crippen molar-refractivity contribution in [1.29, 1.82) is 0 Å². The van der Waals surface area contributed by atoms with Gasteiger partial charge in [0.25, 0.3) is 0 Å². The highest BCUT2D eigenvalue weighted by Gasteiger charge is 2.35.